The molecule has 0 aliphatic carbocycles. The molecule has 0 saturated carbocycles. The third-order valence-corrected chi connectivity index (χ3v) is 5.18. The van der Waals surface area contributed by atoms with Gasteiger partial charge in [-0.3, -0.25) is 15.5 Å². The standard InChI is InChI=1S/C13H13BrF2N6O5S2/c14-7-3-6(4-8(15)10(7)16)19-12(20-24)11-13(22-27-21-11)28-2-1-18-9(23)5-29(17,25)26/h3-4,24H,1-2,5H2,(H,18,23)(H,19,20)(H2,17,25,26). The van der Waals surface area contributed by atoms with E-state index in [2.05, 4.69) is 41.2 Å². The smallest absolute Gasteiger partial charge is 0.236 e. The van der Waals surface area contributed by atoms with Crippen LogP contribution < -0.4 is 15.9 Å². The Morgan fingerprint density at radius 3 is 2.72 bits per heavy atom. The molecule has 1 aromatic carbocycles. The van der Waals surface area contributed by atoms with E-state index in [1.807, 2.05) is 0 Å². The molecule has 1 amide bonds. The summed E-state index contributed by atoms with van der Waals surface area (Å²) < 4.78 is 52.9. The van der Waals surface area contributed by atoms with E-state index in [1.165, 1.54) is 6.07 Å². The number of primary sulfonamides is 1. The Labute approximate surface area is 175 Å². The topological polar surface area (TPSA) is 173 Å². The number of nitrogens with one attached hydrogen (secondary N) is 2. The van der Waals surface area contributed by atoms with Crippen LogP contribution in [-0.2, 0) is 14.8 Å². The third kappa shape index (κ3) is 7.00. The summed E-state index contributed by atoms with van der Waals surface area (Å²) in [5.74, 6) is -3.89. The average Bonchev–Trinajstić information content (AvgIpc) is 3.08. The van der Waals surface area contributed by atoms with Crippen molar-refractivity contribution < 1.29 is 31.8 Å². The molecule has 0 aliphatic heterocycles. The molecule has 0 unspecified atom stereocenters. The highest BCUT2D eigenvalue weighted by molar-refractivity contribution is 9.10. The number of hydrogen-bond acceptors (Lipinski definition) is 9. The van der Waals surface area contributed by atoms with Gasteiger partial charge in [0.25, 0.3) is 0 Å². The lowest BCUT2D eigenvalue weighted by atomic mass is 10.3. The minimum Gasteiger partial charge on any atom is -0.354 e. The lowest BCUT2D eigenvalue weighted by Gasteiger charge is -2.05. The average molecular weight is 515 g/mol. The number of carbonyl (C=O) groups excluding carboxylic acids is 1. The second-order valence-electron chi connectivity index (χ2n) is 5.22. The normalized spacial score (nSPS) is 12.1. The molecular formula is C13H13BrF2N6O5S2. The number of rotatable bonds is 8. The second kappa shape index (κ2) is 10.1. The lowest BCUT2D eigenvalue weighted by molar-refractivity contribution is -0.118. The van der Waals surface area contributed by atoms with Crippen LogP contribution in [0, 0.1) is 11.6 Å². The molecule has 1 heterocycles. The van der Waals surface area contributed by atoms with Crippen molar-refractivity contribution in [1.29, 1.82) is 0 Å². The Hall–Kier alpha value is -2.14. The van der Waals surface area contributed by atoms with Gasteiger partial charge in [-0.15, -0.1) is 0 Å². The molecule has 5 N–H and O–H groups in total. The molecule has 0 bridgehead atoms. The van der Waals surface area contributed by atoms with Gasteiger partial charge in [0.1, 0.15) is 5.75 Å². The molecule has 29 heavy (non-hydrogen) atoms. The van der Waals surface area contributed by atoms with Crippen molar-refractivity contribution in [2.45, 2.75) is 5.03 Å². The summed E-state index contributed by atoms with van der Waals surface area (Å²) in [7, 11) is -3.93. The van der Waals surface area contributed by atoms with Crippen LogP contribution in [0.2, 0.25) is 0 Å². The minimum absolute atomic E-state index is 0.0331. The first-order valence-electron chi connectivity index (χ1n) is 7.47. The fourth-order valence-electron chi connectivity index (χ4n) is 1.86. The van der Waals surface area contributed by atoms with E-state index in [0.29, 0.717) is 0 Å². The van der Waals surface area contributed by atoms with Crippen LogP contribution in [-0.4, -0.2) is 53.7 Å². The van der Waals surface area contributed by atoms with Crippen LogP contribution in [0.25, 0.3) is 0 Å². The summed E-state index contributed by atoms with van der Waals surface area (Å²) in [6.07, 6.45) is 0. The van der Waals surface area contributed by atoms with Crippen molar-refractivity contribution >= 4 is 55.1 Å². The molecule has 0 radical (unpaired) electrons. The highest BCUT2D eigenvalue weighted by Gasteiger charge is 2.18. The van der Waals surface area contributed by atoms with E-state index in [9.17, 15) is 27.2 Å². The predicted octanol–water partition coefficient (Wildman–Crippen LogP) is 0.664. The van der Waals surface area contributed by atoms with Gasteiger partial charge in [-0.1, -0.05) is 11.8 Å². The zero-order chi connectivity index (χ0) is 21.6. The molecule has 0 aliphatic rings. The zero-order valence-electron chi connectivity index (χ0n) is 14.2. The predicted molar refractivity (Wildman–Crippen MR) is 101 cm³/mol. The number of nitrogens with zero attached hydrogens (tertiary/aromatic N) is 3. The first-order chi connectivity index (χ1) is 13.6. The number of benzene rings is 1. The first kappa shape index (κ1) is 23.1. The molecule has 158 valence electrons. The molecule has 2 aromatic rings. The number of sulfonamides is 1. The molecule has 1 aromatic heterocycles. The number of amidine groups is 1. The SMILES string of the molecule is NS(=O)(=O)CC(=O)NCCSc1nonc1C(=Nc1cc(F)c(F)c(Br)c1)NO. The molecule has 16 heteroatoms. The van der Waals surface area contributed by atoms with Gasteiger partial charge in [0.2, 0.25) is 15.9 Å². The molecular weight excluding hydrogens is 502 g/mol. The maximum absolute atomic E-state index is 13.5. The molecule has 2 rings (SSSR count). The fourth-order valence-corrected chi connectivity index (χ4v) is 3.50. The van der Waals surface area contributed by atoms with E-state index in [4.69, 9.17) is 5.14 Å². The monoisotopic (exact) mass is 514 g/mol. The molecule has 11 nitrogen and oxygen atoms in total. The van der Waals surface area contributed by atoms with Crippen LogP contribution >= 0.6 is 27.7 Å². The van der Waals surface area contributed by atoms with Crippen molar-refractivity contribution in [2.75, 3.05) is 18.1 Å². The van der Waals surface area contributed by atoms with E-state index < -0.39 is 33.3 Å². The van der Waals surface area contributed by atoms with Crippen molar-refractivity contribution in [3.63, 3.8) is 0 Å². The van der Waals surface area contributed by atoms with Gasteiger partial charge in [-0.2, -0.15) is 0 Å². The van der Waals surface area contributed by atoms with Crippen molar-refractivity contribution in [3.8, 4) is 0 Å². The highest BCUT2D eigenvalue weighted by atomic mass is 79.9. The third-order valence-electron chi connectivity index (χ3n) is 2.99. The number of hydrogen-bond donors (Lipinski definition) is 4. The zero-order valence-corrected chi connectivity index (χ0v) is 17.4. The van der Waals surface area contributed by atoms with Gasteiger partial charge in [-0.25, -0.2) is 32.0 Å². The van der Waals surface area contributed by atoms with Gasteiger partial charge < -0.3 is 5.32 Å². The highest BCUT2D eigenvalue weighted by Crippen LogP contribution is 2.26. The maximum Gasteiger partial charge on any atom is 0.236 e. The number of amides is 1. The molecule has 0 fully saturated rings. The molecule has 0 saturated heterocycles. The summed E-state index contributed by atoms with van der Waals surface area (Å²) >= 11 is 3.88. The Kier molecular flexibility index (Phi) is 8.03. The van der Waals surface area contributed by atoms with Gasteiger partial charge in [0, 0.05) is 18.4 Å². The van der Waals surface area contributed by atoms with Crippen LogP contribution in [0.5, 0.6) is 0 Å². The lowest BCUT2D eigenvalue weighted by Crippen LogP contribution is -2.34. The molecule has 0 spiro atoms. The number of aromatic nitrogens is 2. The number of aliphatic imine (C=N–C) groups is 1. The largest absolute Gasteiger partial charge is 0.354 e. The van der Waals surface area contributed by atoms with Crippen molar-refractivity contribution in [3.05, 3.63) is 33.9 Å². The van der Waals surface area contributed by atoms with E-state index in [-0.39, 0.29) is 39.0 Å². The summed E-state index contributed by atoms with van der Waals surface area (Å²) in [4.78, 5) is 15.3. The molecule has 0 atom stereocenters. The number of halogens is 3. The number of nitrogens with two attached hydrogens (primary N) is 1. The number of carbonyl (C=O) groups is 1. The first-order valence-corrected chi connectivity index (χ1v) is 11.0. The Balaban J connectivity index is 2.06. The van der Waals surface area contributed by atoms with Crippen molar-refractivity contribution in [1.82, 2.24) is 21.1 Å². The summed E-state index contributed by atoms with van der Waals surface area (Å²) in [6, 6.07) is 1.98. The Bertz CT molecular complexity index is 1010. The Morgan fingerprint density at radius 1 is 1.38 bits per heavy atom. The number of thioether (sulfide) groups is 1. The van der Waals surface area contributed by atoms with Crippen LogP contribution in [0.4, 0.5) is 14.5 Å². The van der Waals surface area contributed by atoms with E-state index >= 15 is 0 Å². The van der Waals surface area contributed by atoms with Gasteiger partial charge in [-0.05, 0) is 32.3 Å². The Morgan fingerprint density at radius 2 is 2.10 bits per heavy atom. The van der Waals surface area contributed by atoms with Crippen LogP contribution in [0.3, 0.4) is 0 Å². The number of hydroxylamine groups is 1. The fraction of sp³-hybridized carbons (Fsp3) is 0.231. The van der Waals surface area contributed by atoms with Crippen LogP contribution in [0.15, 0.2) is 31.3 Å². The summed E-state index contributed by atoms with van der Waals surface area (Å²) in [5.41, 5.74) is 1.70. The van der Waals surface area contributed by atoms with E-state index in [0.717, 1.165) is 17.8 Å². The van der Waals surface area contributed by atoms with Crippen LogP contribution in [0.1, 0.15) is 5.69 Å². The van der Waals surface area contributed by atoms with Gasteiger partial charge in [0.05, 0.1) is 10.2 Å². The quantitative estimate of drug-likeness (QED) is 0.0984. The maximum atomic E-state index is 13.5. The second-order valence-corrected chi connectivity index (χ2v) is 8.77. The van der Waals surface area contributed by atoms with Crippen molar-refractivity contribution in [2.24, 2.45) is 10.1 Å². The summed E-state index contributed by atoms with van der Waals surface area (Å²) in [6.45, 7) is 0.0699. The van der Waals surface area contributed by atoms with Gasteiger partial charge in [0.15, 0.2) is 28.2 Å². The van der Waals surface area contributed by atoms with E-state index in [1.54, 1.807) is 5.48 Å². The van der Waals surface area contributed by atoms with Gasteiger partial charge >= 0.3 is 0 Å². The minimum atomic E-state index is -3.93. The summed E-state index contributed by atoms with van der Waals surface area (Å²) in [5, 5.41) is 23.8.